The number of rotatable bonds is 4. The molecule has 0 aromatic rings. The van der Waals surface area contributed by atoms with Crippen molar-refractivity contribution < 1.29 is 9.47 Å². The maximum Gasteiger partial charge on any atom is 0.0685 e. The van der Waals surface area contributed by atoms with Crippen LogP contribution in [0.5, 0.6) is 0 Å². The summed E-state index contributed by atoms with van der Waals surface area (Å²) in [5.41, 5.74) is 5.79. The van der Waals surface area contributed by atoms with Crippen molar-refractivity contribution in [3.8, 4) is 0 Å². The van der Waals surface area contributed by atoms with Crippen LogP contribution in [0.4, 0.5) is 0 Å². The van der Waals surface area contributed by atoms with E-state index in [9.17, 15) is 0 Å². The largest absolute Gasteiger partial charge is 0.380 e. The van der Waals surface area contributed by atoms with Gasteiger partial charge in [0.15, 0.2) is 0 Å². The van der Waals surface area contributed by atoms with E-state index in [2.05, 4.69) is 26.0 Å². The molecular weight excluding hydrogens is 200 g/mol. The molecule has 0 spiro atoms. The maximum atomic E-state index is 5.31. The van der Waals surface area contributed by atoms with Crippen LogP contribution in [0.1, 0.15) is 13.8 Å². The molecule has 2 heteroatoms. The van der Waals surface area contributed by atoms with E-state index in [1.165, 1.54) is 16.7 Å². The van der Waals surface area contributed by atoms with E-state index in [1.807, 2.05) is 0 Å². The van der Waals surface area contributed by atoms with Crippen molar-refractivity contribution in [3.05, 3.63) is 34.4 Å². The van der Waals surface area contributed by atoms with Gasteiger partial charge >= 0.3 is 0 Å². The van der Waals surface area contributed by atoms with Crippen LogP contribution in [-0.4, -0.2) is 27.4 Å². The Morgan fingerprint density at radius 2 is 1.44 bits per heavy atom. The summed E-state index contributed by atoms with van der Waals surface area (Å²) in [5.74, 6) is 0.945. The van der Waals surface area contributed by atoms with Crippen LogP contribution >= 0.6 is 0 Å². The second-order valence-electron chi connectivity index (χ2n) is 4.71. The Balaban J connectivity index is 2.35. The zero-order valence-electron chi connectivity index (χ0n) is 10.5. The van der Waals surface area contributed by atoms with Gasteiger partial charge in [0.25, 0.3) is 0 Å². The van der Waals surface area contributed by atoms with Gasteiger partial charge in [0, 0.05) is 26.1 Å². The average Bonchev–Trinajstić information content (AvgIpc) is 2.77. The third kappa shape index (κ3) is 1.66. The number of hydrogen-bond donors (Lipinski definition) is 0. The van der Waals surface area contributed by atoms with Crippen molar-refractivity contribution >= 4 is 0 Å². The molecule has 0 unspecified atom stereocenters. The number of allylic oxidation sites excluding steroid dienone is 4. The standard InChI is InChI=1S/C14H20O2/c1-9(2)14-10-5-6-11(14)13(8-16-4)12(10)7-15-3/h5-6,10-11H,7-8H2,1-4H3/t10-,11+. The zero-order chi connectivity index (χ0) is 11.7. The molecule has 2 aliphatic rings. The maximum absolute atomic E-state index is 5.31. The predicted octanol–water partition coefficient (Wildman–Crippen LogP) is 2.73. The minimum Gasteiger partial charge on any atom is -0.380 e. The second kappa shape index (κ2) is 4.56. The summed E-state index contributed by atoms with van der Waals surface area (Å²) in [7, 11) is 3.52. The molecule has 0 N–H and O–H groups in total. The van der Waals surface area contributed by atoms with Gasteiger partial charge in [-0.05, 0) is 30.6 Å². The fraction of sp³-hybridized carbons (Fsp3) is 0.571. The lowest BCUT2D eigenvalue weighted by Crippen LogP contribution is -2.08. The quantitative estimate of drug-likeness (QED) is 0.678. The lowest BCUT2D eigenvalue weighted by atomic mass is 9.95. The SMILES string of the molecule is COCC1=C(COC)[C@@H]2C=C[C@H]1C2=C(C)C. The summed E-state index contributed by atoms with van der Waals surface area (Å²) in [6.07, 6.45) is 4.61. The molecule has 2 nitrogen and oxygen atoms in total. The Morgan fingerprint density at radius 1 is 1.00 bits per heavy atom. The molecule has 0 saturated heterocycles. The summed E-state index contributed by atoms with van der Waals surface area (Å²) in [6, 6.07) is 0. The molecule has 2 atom stereocenters. The Labute approximate surface area is 97.6 Å². The molecule has 16 heavy (non-hydrogen) atoms. The van der Waals surface area contributed by atoms with E-state index in [0.717, 1.165) is 13.2 Å². The lowest BCUT2D eigenvalue weighted by molar-refractivity contribution is 0.207. The molecule has 0 heterocycles. The first-order valence-corrected chi connectivity index (χ1v) is 5.76. The average molecular weight is 220 g/mol. The van der Waals surface area contributed by atoms with Gasteiger partial charge in [-0.1, -0.05) is 17.7 Å². The first kappa shape index (κ1) is 11.6. The van der Waals surface area contributed by atoms with Gasteiger partial charge in [-0.25, -0.2) is 0 Å². The number of fused-ring (bicyclic) bond motifs is 2. The highest BCUT2D eigenvalue weighted by Gasteiger charge is 2.39. The molecule has 88 valence electrons. The summed E-state index contributed by atoms with van der Waals surface area (Å²) in [6.45, 7) is 5.84. The van der Waals surface area contributed by atoms with Crippen LogP contribution in [0.3, 0.4) is 0 Å². The number of hydrogen-bond acceptors (Lipinski definition) is 2. The summed E-state index contributed by atoms with van der Waals surface area (Å²) >= 11 is 0. The van der Waals surface area contributed by atoms with Crippen molar-refractivity contribution in [2.24, 2.45) is 11.8 Å². The molecular formula is C14H20O2. The minimum atomic E-state index is 0.472. The van der Waals surface area contributed by atoms with E-state index >= 15 is 0 Å². The molecule has 0 aromatic heterocycles. The van der Waals surface area contributed by atoms with Crippen molar-refractivity contribution in [1.82, 2.24) is 0 Å². The van der Waals surface area contributed by atoms with Crippen molar-refractivity contribution in [1.29, 1.82) is 0 Å². The fourth-order valence-corrected chi connectivity index (χ4v) is 2.93. The zero-order valence-corrected chi connectivity index (χ0v) is 10.5. The Morgan fingerprint density at radius 3 is 1.75 bits per heavy atom. The van der Waals surface area contributed by atoms with Crippen LogP contribution in [0.15, 0.2) is 34.4 Å². The van der Waals surface area contributed by atoms with E-state index < -0.39 is 0 Å². The van der Waals surface area contributed by atoms with Gasteiger partial charge in [0.05, 0.1) is 13.2 Å². The molecule has 0 fully saturated rings. The van der Waals surface area contributed by atoms with Crippen LogP contribution in [0.2, 0.25) is 0 Å². The minimum absolute atomic E-state index is 0.472. The van der Waals surface area contributed by atoms with E-state index in [4.69, 9.17) is 9.47 Å². The molecule has 0 radical (unpaired) electrons. The van der Waals surface area contributed by atoms with Gasteiger partial charge < -0.3 is 9.47 Å². The van der Waals surface area contributed by atoms with Crippen molar-refractivity contribution in [3.63, 3.8) is 0 Å². The van der Waals surface area contributed by atoms with Gasteiger partial charge in [-0.3, -0.25) is 0 Å². The first-order chi connectivity index (χ1) is 7.70. The third-order valence-corrected chi connectivity index (χ3v) is 3.51. The van der Waals surface area contributed by atoms with E-state index in [0.29, 0.717) is 11.8 Å². The van der Waals surface area contributed by atoms with Crippen LogP contribution in [-0.2, 0) is 9.47 Å². The highest BCUT2D eigenvalue weighted by Crippen LogP contribution is 2.49. The molecule has 0 aromatic carbocycles. The van der Waals surface area contributed by atoms with Crippen molar-refractivity contribution in [2.45, 2.75) is 13.8 Å². The molecule has 2 rings (SSSR count). The molecule has 0 saturated carbocycles. The van der Waals surface area contributed by atoms with E-state index in [-0.39, 0.29) is 0 Å². The topological polar surface area (TPSA) is 18.5 Å². The summed E-state index contributed by atoms with van der Waals surface area (Å²) in [5, 5.41) is 0. The van der Waals surface area contributed by atoms with Gasteiger partial charge in [-0.15, -0.1) is 0 Å². The molecule has 2 bridgehead atoms. The Bertz CT molecular complexity index is 342. The Kier molecular flexibility index (Phi) is 3.31. The van der Waals surface area contributed by atoms with Gasteiger partial charge in [-0.2, -0.15) is 0 Å². The number of methoxy groups -OCH3 is 2. The summed E-state index contributed by atoms with van der Waals surface area (Å²) < 4.78 is 10.6. The molecule has 2 aliphatic carbocycles. The van der Waals surface area contributed by atoms with E-state index in [1.54, 1.807) is 19.8 Å². The lowest BCUT2D eigenvalue weighted by Gasteiger charge is -2.14. The van der Waals surface area contributed by atoms with Crippen molar-refractivity contribution in [2.75, 3.05) is 27.4 Å². The predicted molar refractivity (Wildman–Crippen MR) is 65.3 cm³/mol. The molecule has 0 amide bonds. The first-order valence-electron chi connectivity index (χ1n) is 5.76. The van der Waals surface area contributed by atoms with Crippen LogP contribution < -0.4 is 0 Å². The van der Waals surface area contributed by atoms with Gasteiger partial charge in [0.1, 0.15) is 0 Å². The fourth-order valence-electron chi connectivity index (χ4n) is 2.93. The highest BCUT2D eigenvalue weighted by molar-refractivity contribution is 5.53. The normalized spacial score (nSPS) is 27.1. The Hall–Kier alpha value is -0.860. The highest BCUT2D eigenvalue weighted by atomic mass is 16.5. The summed E-state index contributed by atoms with van der Waals surface area (Å²) in [4.78, 5) is 0. The van der Waals surface area contributed by atoms with Crippen LogP contribution in [0.25, 0.3) is 0 Å². The number of ether oxygens (including phenoxy) is 2. The van der Waals surface area contributed by atoms with Gasteiger partial charge in [0.2, 0.25) is 0 Å². The third-order valence-electron chi connectivity index (χ3n) is 3.51. The smallest absolute Gasteiger partial charge is 0.0685 e. The second-order valence-corrected chi connectivity index (χ2v) is 4.71. The van der Waals surface area contributed by atoms with Crippen LogP contribution in [0, 0.1) is 11.8 Å². The molecule has 0 aliphatic heterocycles. The monoisotopic (exact) mass is 220 g/mol.